The average molecular weight is 255 g/mol. The van der Waals surface area contributed by atoms with Gasteiger partial charge in [0.05, 0.1) is 0 Å². The molecule has 0 spiro atoms. The molecule has 0 aromatic rings. The van der Waals surface area contributed by atoms with E-state index in [4.69, 9.17) is 0 Å². The number of carbonyl (C=O) groups is 1. The summed E-state index contributed by atoms with van der Waals surface area (Å²) in [4.78, 5) is 13.9. The van der Waals surface area contributed by atoms with Gasteiger partial charge in [0.2, 0.25) is 0 Å². The van der Waals surface area contributed by atoms with Crippen LogP contribution in [0.3, 0.4) is 0 Å². The lowest BCUT2D eigenvalue weighted by atomic mass is 9.80. The molecule has 4 heteroatoms. The SMILES string of the molecule is CCN(CC)C(=O)NC1CC(C)(C)NC(C)(C)C1. The summed E-state index contributed by atoms with van der Waals surface area (Å²) in [6.07, 6.45) is 1.95. The summed E-state index contributed by atoms with van der Waals surface area (Å²) in [6.45, 7) is 14.4. The molecule has 1 aliphatic heterocycles. The Morgan fingerprint density at radius 2 is 1.61 bits per heavy atom. The lowest BCUT2D eigenvalue weighted by Gasteiger charge is -2.46. The smallest absolute Gasteiger partial charge is 0.317 e. The van der Waals surface area contributed by atoms with E-state index in [0.717, 1.165) is 25.9 Å². The van der Waals surface area contributed by atoms with Crippen molar-refractivity contribution in [2.24, 2.45) is 0 Å². The lowest BCUT2D eigenvalue weighted by molar-refractivity contribution is 0.140. The Kier molecular flexibility index (Phi) is 4.65. The number of nitrogens with zero attached hydrogens (tertiary/aromatic N) is 1. The van der Waals surface area contributed by atoms with E-state index >= 15 is 0 Å². The van der Waals surface area contributed by atoms with Gasteiger partial charge in [-0.2, -0.15) is 0 Å². The molecular formula is C14H29N3O. The molecule has 1 fully saturated rings. The number of carbonyl (C=O) groups excluding carboxylic acids is 1. The molecule has 1 saturated heterocycles. The molecule has 2 N–H and O–H groups in total. The number of urea groups is 1. The highest BCUT2D eigenvalue weighted by molar-refractivity contribution is 5.74. The van der Waals surface area contributed by atoms with Crippen LogP contribution in [0, 0.1) is 0 Å². The normalized spacial score (nSPS) is 22.6. The van der Waals surface area contributed by atoms with Crippen molar-refractivity contribution < 1.29 is 4.79 Å². The van der Waals surface area contributed by atoms with Gasteiger partial charge in [0, 0.05) is 30.2 Å². The Hall–Kier alpha value is -0.770. The Morgan fingerprint density at radius 3 is 2.00 bits per heavy atom. The van der Waals surface area contributed by atoms with Crippen LogP contribution in [-0.4, -0.2) is 41.1 Å². The standard InChI is InChI=1S/C14H29N3O/c1-7-17(8-2)12(18)15-11-9-13(3,4)16-14(5,6)10-11/h11,16H,7-10H2,1-6H3,(H,15,18). The maximum absolute atomic E-state index is 12.1. The quantitative estimate of drug-likeness (QED) is 0.813. The van der Waals surface area contributed by atoms with Gasteiger partial charge in [-0.25, -0.2) is 4.79 Å². The van der Waals surface area contributed by atoms with Crippen LogP contribution in [0.4, 0.5) is 4.79 Å². The van der Waals surface area contributed by atoms with E-state index in [1.54, 1.807) is 0 Å². The zero-order valence-corrected chi connectivity index (χ0v) is 12.8. The second-order valence-electron chi connectivity index (χ2n) is 6.62. The predicted molar refractivity (Wildman–Crippen MR) is 75.8 cm³/mol. The van der Waals surface area contributed by atoms with Crippen LogP contribution in [0.15, 0.2) is 0 Å². The van der Waals surface area contributed by atoms with Crippen molar-refractivity contribution in [3.05, 3.63) is 0 Å². The maximum atomic E-state index is 12.1. The number of hydrogen-bond donors (Lipinski definition) is 2. The van der Waals surface area contributed by atoms with Gasteiger partial charge in [-0.1, -0.05) is 0 Å². The van der Waals surface area contributed by atoms with Crippen molar-refractivity contribution in [2.45, 2.75) is 71.5 Å². The molecule has 1 aliphatic rings. The van der Waals surface area contributed by atoms with Gasteiger partial charge in [0.1, 0.15) is 0 Å². The maximum Gasteiger partial charge on any atom is 0.317 e. The van der Waals surface area contributed by atoms with Crippen molar-refractivity contribution >= 4 is 6.03 Å². The summed E-state index contributed by atoms with van der Waals surface area (Å²) >= 11 is 0. The molecule has 0 aromatic heterocycles. The number of rotatable bonds is 3. The van der Waals surface area contributed by atoms with Crippen LogP contribution in [-0.2, 0) is 0 Å². The third-order valence-electron chi connectivity index (χ3n) is 3.57. The van der Waals surface area contributed by atoms with Gasteiger partial charge in [-0.15, -0.1) is 0 Å². The molecule has 0 radical (unpaired) electrons. The summed E-state index contributed by atoms with van der Waals surface area (Å²) < 4.78 is 0. The first-order chi connectivity index (χ1) is 8.19. The zero-order chi connectivity index (χ0) is 14.0. The molecule has 0 atom stereocenters. The van der Waals surface area contributed by atoms with Crippen molar-refractivity contribution in [1.29, 1.82) is 0 Å². The molecule has 0 bridgehead atoms. The van der Waals surface area contributed by atoms with Crippen molar-refractivity contribution in [1.82, 2.24) is 15.5 Å². The van der Waals surface area contributed by atoms with Crippen LogP contribution < -0.4 is 10.6 Å². The van der Waals surface area contributed by atoms with Crippen LogP contribution in [0.25, 0.3) is 0 Å². The highest BCUT2D eigenvalue weighted by Gasteiger charge is 2.38. The molecule has 0 aliphatic carbocycles. The van der Waals surface area contributed by atoms with Gasteiger partial charge in [-0.05, 0) is 54.4 Å². The van der Waals surface area contributed by atoms with E-state index in [-0.39, 0.29) is 23.2 Å². The first kappa shape index (κ1) is 15.3. The summed E-state index contributed by atoms with van der Waals surface area (Å²) in [5.41, 5.74) is 0.145. The second-order valence-corrected chi connectivity index (χ2v) is 6.62. The molecule has 0 aromatic carbocycles. The van der Waals surface area contributed by atoms with Gasteiger partial charge >= 0.3 is 6.03 Å². The Balaban J connectivity index is 2.64. The minimum atomic E-state index is 0.0681. The fourth-order valence-electron chi connectivity index (χ4n) is 3.20. The van der Waals surface area contributed by atoms with E-state index in [1.807, 2.05) is 18.7 Å². The molecule has 2 amide bonds. The highest BCUT2D eigenvalue weighted by Crippen LogP contribution is 2.28. The van der Waals surface area contributed by atoms with Crippen LogP contribution >= 0.6 is 0 Å². The summed E-state index contributed by atoms with van der Waals surface area (Å²) in [7, 11) is 0. The van der Waals surface area contributed by atoms with Crippen LogP contribution in [0.5, 0.6) is 0 Å². The minimum Gasteiger partial charge on any atom is -0.335 e. The van der Waals surface area contributed by atoms with Gasteiger partial charge in [-0.3, -0.25) is 0 Å². The third-order valence-corrected chi connectivity index (χ3v) is 3.57. The number of amides is 2. The van der Waals surface area contributed by atoms with E-state index in [9.17, 15) is 4.79 Å². The van der Waals surface area contributed by atoms with Gasteiger partial charge < -0.3 is 15.5 Å². The molecule has 18 heavy (non-hydrogen) atoms. The van der Waals surface area contributed by atoms with E-state index in [2.05, 4.69) is 38.3 Å². The minimum absolute atomic E-state index is 0.0681. The van der Waals surface area contributed by atoms with E-state index in [1.165, 1.54) is 0 Å². The summed E-state index contributed by atoms with van der Waals surface area (Å²) in [5, 5.41) is 6.81. The zero-order valence-electron chi connectivity index (χ0n) is 12.8. The summed E-state index contributed by atoms with van der Waals surface area (Å²) in [6, 6.07) is 0.322. The average Bonchev–Trinajstić information content (AvgIpc) is 2.13. The Morgan fingerprint density at radius 1 is 1.17 bits per heavy atom. The number of piperidine rings is 1. The van der Waals surface area contributed by atoms with E-state index < -0.39 is 0 Å². The Labute approximate surface area is 111 Å². The predicted octanol–water partition coefficient (Wildman–Crippen LogP) is 2.35. The largest absolute Gasteiger partial charge is 0.335 e. The number of hydrogen-bond acceptors (Lipinski definition) is 2. The molecule has 4 nitrogen and oxygen atoms in total. The van der Waals surface area contributed by atoms with Gasteiger partial charge in [0.25, 0.3) is 0 Å². The number of nitrogens with one attached hydrogen (secondary N) is 2. The first-order valence-corrected chi connectivity index (χ1v) is 7.04. The summed E-state index contributed by atoms with van der Waals surface area (Å²) in [5.74, 6) is 0. The third kappa shape index (κ3) is 4.16. The van der Waals surface area contributed by atoms with Crippen molar-refractivity contribution in [3.63, 3.8) is 0 Å². The highest BCUT2D eigenvalue weighted by atomic mass is 16.2. The molecule has 106 valence electrons. The van der Waals surface area contributed by atoms with Crippen LogP contribution in [0.1, 0.15) is 54.4 Å². The first-order valence-electron chi connectivity index (χ1n) is 7.04. The molecule has 1 rings (SSSR count). The topological polar surface area (TPSA) is 44.4 Å². The lowest BCUT2D eigenvalue weighted by Crippen LogP contribution is -2.62. The monoisotopic (exact) mass is 255 g/mol. The van der Waals surface area contributed by atoms with Crippen molar-refractivity contribution in [2.75, 3.05) is 13.1 Å². The fraction of sp³-hybridized carbons (Fsp3) is 0.929. The Bertz CT molecular complexity index is 279. The van der Waals surface area contributed by atoms with E-state index in [0.29, 0.717) is 0 Å². The van der Waals surface area contributed by atoms with Gasteiger partial charge in [0.15, 0.2) is 0 Å². The molecular weight excluding hydrogens is 226 g/mol. The molecule has 1 heterocycles. The molecule has 0 saturated carbocycles. The van der Waals surface area contributed by atoms with Crippen molar-refractivity contribution in [3.8, 4) is 0 Å². The van der Waals surface area contributed by atoms with Crippen LogP contribution in [0.2, 0.25) is 0 Å². The fourth-order valence-corrected chi connectivity index (χ4v) is 3.20. The second kappa shape index (κ2) is 5.47. The molecule has 0 unspecified atom stereocenters.